The van der Waals surface area contributed by atoms with Crippen molar-refractivity contribution in [1.82, 2.24) is 5.32 Å². The normalized spacial score (nSPS) is 15.6. The van der Waals surface area contributed by atoms with Crippen LogP contribution < -0.4 is 10.6 Å². The van der Waals surface area contributed by atoms with Gasteiger partial charge in [-0.3, -0.25) is 19.7 Å². The van der Waals surface area contributed by atoms with Crippen LogP contribution in [0.25, 0.3) is 17.7 Å². The number of aliphatic carboxylic acids is 2. The standard InChI is InChI=1S/C41H41N3O5S/c1-5-21-41(4,32-17-12-28(13-18-32)23-34(30-9-7-6-8-10-30)31-16-11-26(2)27(3)22-31)44-33-19-14-29(15-20-33)24-35-38(47)43-40(42-35)50-36(39(48)49)25-37(45)46/h6-20,22-24,36,44H,5,21,25H2,1-4H3,(H,45,46)(H,48,49)(H,42,43,47)/b34-23+,35-24-/t36?,41-/m0/s1. The Morgan fingerprint density at radius 1 is 0.900 bits per heavy atom. The number of carboxylic acid groups (broad SMARTS) is 2. The number of thioether (sulfide) groups is 1. The third-order valence-corrected chi connectivity index (χ3v) is 9.78. The van der Waals surface area contributed by atoms with Gasteiger partial charge >= 0.3 is 11.9 Å². The van der Waals surface area contributed by atoms with Crippen molar-refractivity contribution in [2.75, 3.05) is 5.32 Å². The van der Waals surface area contributed by atoms with Crippen LogP contribution in [-0.2, 0) is 19.9 Å². The van der Waals surface area contributed by atoms with E-state index in [-0.39, 0.29) is 16.4 Å². The van der Waals surface area contributed by atoms with E-state index in [4.69, 9.17) is 5.11 Å². The monoisotopic (exact) mass is 687 g/mol. The van der Waals surface area contributed by atoms with Crippen LogP contribution in [0, 0.1) is 13.8 Å². The van der Waals surface area contributed by atoms with E-state index >= 15 is 0 Å². The molecule has 0 bridgehead atoms. The molecule has 1 aliphatic heterocycles. The van der Waals surface area contributed by atoms with Crippen LogP contribution in [0.4, 0.5) is 5.69 Å². The maximum atomic E-state index is 12.5. The number of amidine groups is 1. The van der Waals surface area contributed by atoms with E-state index in [1.807, 2.05) is 30.3 Å². The van der Waals surface area contributed by atoms with E-state index in [2.05, 4.69) is 116 Å². The van der Waals surface area contributed by atoms with Gasteiger partial charge in [-0.05, 0) is 96.0 Å². The van der Waals surface area contributed by atoms with Crippen LogP contribution in [0.15, 0.2) is 108 Å². The molecule has 0 saturated heterocycles. The van der Waals surface area contributed by atoms with Crippen LogP contribution in [-0.4, -0.2) is 38.5 Å². The molecule has 4 aromatic carbocycles. The number of nitrogens with zero attached hydrogens (tertiary/aromatic N) is 1. The van der Waals surface area contributed by atoms with Crippen molar-refractivity contribution < 1.29 is 24.6 Å². The highest BCUT2D eigenvalue weighted by molar-refractivity contribution is 8.15. The fourth-order valence-electron chi connectivity index (χ4n) is 5.87. The van der Waals surface area contributed by atoms with E-state index in [9.17, 15) is 19.5 Å². The Bertz CT molecular complexity index is 1970. The van der Waals surface area contributed by atoms with Crippen molar-refractivity contribution in [3.05, 3.63) is 142 Å². The van der Waals surface area contributed by atoms with Gasteiger partial charge in [-0.15, -0.1) is 0 Å². The fourth-order valence-corrected chi connectivity index (χ4v) is 6.77. The van der Waals surface area contributed by atoms with Gasteiger partial charge in [0.2, 0.25) is 0 Å². The van der Waals surface area contributed by atoms with Crippen LogP contribution >= 0.6 is 11.8 Å². The van der Waals surface area contributed by atoms with Gasteiger partial charge < -0.3 is 15.5 Å². The maximum absolute atomic E-state index is 12.5. The first-order valence-corrected chi connectivity index (χ1v) is 17.4. The molecule has 0 aliphatic carbocycles. The lowest BCUT2D eigenvalue weighted by molar-refractivity contribution is -0.142. The number of carbonyl (C=O) groups excluding carboxylic acids is 1. The molecule has 4 N–H and O–H groups in total. The number of hydrogen-bond acceptors (Lipinski definition) is 6. The Kier molecular flexibility index (Phi) is 11.4. The SMILES string of the molecule is CCC[C@](C)(Nc1ccc(/C=C2\N=C(SC(CC(=O)O)C(=O)O)NC2=O)cc1)c1ccc(/C=C(\c2ccccc2)c2ccc(C)c(C)c2)cc1. The number of aliphatic imine (C=N–C) groups is 1. The first kappa shape index (κ1) is 35.9. The first-order chi connectivity index (χ1) is 23.9. The van der Waals surface area contributed by atoms with Crippen molar-refractivity contribution in [2.24, 2.45) is 4.99 Å². The fraction of sp³-hybridized carbons (Fsp3) is 0.220. The van der Waals surface area contributed by atoms with Gasteiger partial charge in [-0.2, -0.15) is 0 Å². The highest BCUT2D eigenvalue weighted by atomic mass is 32.2. The molecule has 1 heterocycles. The lowest BCUT2D eigenvalue weighted by Gasteiger charge is -2.33. The molecule has 0 fully saturated rings. The van der Waals surface area contributed by atoms with E-state index in [1.165, 1.54) is 33.4 Å². The Morgan fingerprint density at radius 3 is 2.20 bits per heavy atom. The number of hydrogen-bond donors (Lipinski definition) is 4. The molecule has 0 radical (unpaired) electrons. The Morgan fingerprint density at radius 2 is 1.58 bits per heavy atom. The molecule has 1 unspecified atom stereocenters. The molecule has 4 aromatic rings. The number of carboxylic acids is 2. The molecule has 5 rings (SSSR count). The Hall–Kier alpha value is -5.41. The second-order valence-corrected chi connectivity index (χ2v) is 13.8. The Balaban J connectivity index is 1.34. The van der Waals surface area contributed by atoms with Crippen LogP contribution in [0.2, 0.25) is 0 Å². The topological polar surface area (TPSA) is 128 Å². The summed E-state index contributed by atoms with van der Waals surface area (Å²) in [5.41, 5.74) is 9.76. The molecule has 0 spiro atoms. The van der Waals surface area contributed by atoms with Gasteiger partial charge in [0, 0.05) is 5.69 Å². The predicted molar refractivity (Wildman–Crippen MR) is 203 cm³/mol. The summed E-state index contributed by atoms with van der Waals surface area (Å²) >= 11 is 0.704. The molecule has 256 valence electrons. The molecule has 1 aliphatic rings. The third-order valence-electron chi connectivity index (χ3n) is 8.71. The molecule has 1 amide bonds. The number of benzene rings is 4. The smallest absolute Gasteiger partial charge is 0.317 e. The van der Waals surface area contributed by atoms with E-state index in [0.29, 0.717) is 11.8 Å². The lowest BCUT2D eigenvalue weighted by atomic mass is 9.86. The first-order valence-electron chi connectivity index (χ1n) is 16.5. The molecular formula is C41H41N3O5S. The molecular weight excluding hydrogens is 647 g/mol. The maximum Gasteiger partial charge on any atom is 0.317 e. The summed E-state index contributed by atoms with van der Waals surface area (Å²) in [4.78, 5) is 39.2. The molecule has 2 atom stereocenters. The van der Waals surface area contributed by atoms with Gasteiger partial charge in [-0.25, -0.2) is 4.99 Å². The molecule has 50 heavy (non-hydrogen) atoms. The quantitative estimate of drug-likeness (QED) is 0.0820. The number of amides is 1. The van der Waals surface area contributed by atoms with E-state index in [0.717, 1.165) is 29.7 Å². The van der Waals surface area contributed by atoms with Crippen LogP contribution in [0.1, 0.15) is 72.1 Å². The van der Waals surface area contributed by atoms with Gasteiger partial charge in [0.05, 0.1) is 12.0 Å². The molecule has 0 aromatic heterocycles. The molecule has 8 nitrogen and oxygen atoms in total. The van der Waals surface area contributed by atoms with E-state index < -0.39 is 29.5 Å². The minimum absolute atomic E-state index is 0.0616. The second kappa shape index (κ2) is 15.9. The summed E-state index contributed by atoms with van der Waals surface area (Å²) < 4.78 is 0. The minimum Gasteiger partial charge on any atom is -0.481 e. The average molecular weight is 688 g/mol. The average Bonchev–Trinajstić information content (AvgIpc) is 3.43. The van der Waals surface area contributed by atoms with Gasteiger partial charge in [0.25, 0.3) is 5.91 Å². The molecule has 0 saturated carbocycles. The zero-order valence-corrected chi connectivity index (χ0v) is 29.4. The third kappa shape index (κ3) is 8.98. The van der Waals surface area contributed by atoms with Crippen molar-refractivity contribution in [2.45, 2.75) is 57.7 Å². The summed E-state index contributed by atoms with van der Waals surface area (Å²) in [6.07, 6.45) is 5.14. The number of nitrogens with one attached hydrogen (secondary N) is 2. The summed E-state index contributed by atoms with van der Waals surface area (Å²) in [6.45, 7) is 8.65. The Labute approximate surface area is 297 Å². The van der Waals surface area contributed by atoms with Crippen molar-refractivity contribution >= 4 is 58.2 Å². The second-order valence-electron chi connectivity index (χ2n) is 12.6. The number of anilines is 1. The highest BCUT2D eigenvalue weighted by Crippen LogP contribution is 2.33. The zero-order valence-electron chi connectivity index (χ0n) is 28.6. The van der Waals surface area contributed by atoms with Crippen LogP contribution in [0.3, 0.4) is 0 Å². The number of aryl methyl sites for hydroxylation is 2. The predicted octanol–water partition coefficient (Wildman–Crippen LogP) is 8.51. The van der Waals surface area contributed by atoms with Gasteiger partial charge in [0.1, 0.15) is 10.9 Å². The summed E-state index contributed by atoms with van der Waals surface area (Å²) in [5.74, 6) is -3.01. The van der Waals surface area contributed by atoms with Gasteiger partial charge in [-0.1, -0.05) is 110 Å². The number of rotatable bonds is 13. The molecule has 9 heteroatoms. The highest BCUT2D eigenvalue weighted by Gasteiger charge is 2.29. The van der Waals surface area contributed by atoms with Crippen molar-refractivity contribution in [3.63, 3.8) is 0 Å². The zero-order chi connectivity index (χ0) is 35.8. The van der Waals surface area contributed by atoms with Gasteiger partial charge in [0.15, 0.2) is 5.17 Å². The van der Waals surface area contributed by atoms with Crippen molar-refractivity contribution in [3.8, 4) is 0 Å². The summed E-state index contributed by atoms with van der Waals surface area (Å²) in [6, 6.07) is 33.5. The summed E-state index contributed by atoms with van der Waals surface area (Å²) in [5, 5.41) is 23.4. The van der Waals surface area contributed by atoms with Crippen molar-refractivity contribution in [1.29, 1.82) is 0 Å². The minimum atomic E-state index is -1.29. The van der Waals surface area contributed by atoms with Crippen LogP contribution in [0.5, 0.6) is 0 Å². The number of carbonyl (C=O) groups is 3. The largest absolute Gasteiger partial charge is 0.481 e. The summed E-state index contributed by atoms with van der Waals surface area (Å²) in [7, 11) is 0. The van der Waals surface area contributed by atoms with E-state index in [1.54, 1.807) is 6.08 Å². The lowest BCUT2D eigenvalue weighted by Crippen LogP contribution is -2.31.